The molecular weight excluding hydrogens is 394 g/mol. The molecule has 31 heavy (non-hydrogen) atoms. The van der Waals surface area contributed by atoms with Gasteiger partial charge in [-0.25, -0.2) is 4.98 Å². The van der Waals surface area contributed by atoms with Crippen LogP contribution in [0.15, 0.2) is 54.7 Å². The smallest absolute Gasteiger partial charge is 0.234 e. The van der Waals surface area contributed by atoms with Crippen molar-refractivity contribution in [2.24, 2.45) is 23.7 Å². The van der Waals surface area contributed by atoms with E-state index in [0.29, 0.717) is 0 Å². The molecule has 3 amide bonds. The number of pyridine rings is 1. The Hall–Kier alpha value is -3.48. The van der Waals surface area contributed by atoms with Gasteiger partial charge in [-0.3, -0.25) is 19.3 Å². The zero-order chi connectivity index (χ0) is 21.7. The lowest BCUT2D eigenvalue weighted by Gasteiger charge is -2.28. The van der Waals surface area contributed by atoms with Crippen molar-refractivity contribution in [1.29, 1.82) is 0 Å². The minimum absolute atomic E-state index is 0.0494. The summed E-state index contributed by atoms with van der Waals surface area (Å²) in [6, 6.07) is 9.79. The molecule has 2 bridgehead atoms. The van der Waals surface area contributed by atoms with Crippen LogP contribution in [0.25, 0.3) is 0 Å². The molecule has 2 aromatic rings. The number of amides is 3. The number of aromatic nitrogens is 1. The number of anilines is 1. The minimum atomic E-state index is -0.712. The summed E-state index contributed by atoms with van der Waals surface area (Å²) >= 11 is 0. The van der Waals surface area contributed by atoms with Crippen molar-refractivity contribution in [3.8, 4) is 5.75 Å². The molecule has 0 radical (unpaired) electrons. The van der Waals surface area contributed by atoms with Gasteiger partial charge in [-0.2, -0.15) is 0 Å². The summed E-state index contributed by atoms with van der Waals surface area (Å²) in [6.45, 7) is 1.95. The third-order valence-electron chi connectivity index (χ3n) is 6.70. The van der Waals surface area contributed by atoms with E-state index in [-0.39, 0.29) is 53.5 Å². The van der Waals surface area contributed by atoms with Crippen molar-refractivity contribution in [3.05, 3.63) is 65.9 Å². The van der Waals surface area contributed by atoms with Crippen LogP contribution in [-0.4, -0.2) is 32.7 Å². The summed E-state index contributed by atoms with van der Waals surface area (Å²) in [4.78, 5) is 44.8. The Morgan fingerprint density at radius 1 is 1.13 bits per heavy atom. The van der Waals surface area contributed by atoms with Crippen LogP contribution in [0.3, 0.4) is 0 Å². The van der Waals surface area contributed by atoms with Gasteiger partial charge in [0.2, 0.25) is 17.7 Å². The number of nitrogens with zero attached hydrogens (tertiary/aromatic N) is 2. The number of rotatable bonds is 5. The molecule has 2 N–H and O–H groups in total. The summed E-state index contributed by atoms with van der Waals surface area (Å²) in [7, 11) is 0. The molecule has 7 nitrogen and oxygen atoms in total. The van der Waals surface area contributed by atoms with E-state index in [2.05, 4.69) is 22.5 Å². The molecule has 3 aliphatic rings. The number of carbonyl (C=O) groups is 3. The fourth-order valence-corrected chi connectivity index (χ4v) is 5.23. The second-order valence-corrected chi connectivity index (χ2v) is 8.60. The number of imide groups is 1. The van der Waals surface area contributed by atoms with Crippen LogP contribution in [0.4, 0.5) is 5.82 Å². The summed E-state index contributed by atoms with van der Waals surface area (Å²) in [5.41, 5.74) is 1.77. The summed E-state index contributed by atoms with van der Waals surface area (Å²) in [5, 5.41) is 12.5. The highest BCUT2D eigenvalue weighted by Crippen LogP contribution is 2.54. The third kappa shape index (κ3) is 3.21. The first-order valence-corrected chi connectivity index (χ1v) is 10.5. The van der Waals surface area contributed by atoms with E-state index >= 15 is 0 Å². The van der Waals surface area contributed by atoms with Crippen LogP contribution in [0.5, 0.6) is 5.75 Å². The van der Waals surface area contributed by atoms with Gasteiger partial charge in [0, 0.05) is 6.20 Å². The minimum Gasteiger partial charge on any atom is -0.504 e. The van der Waals surface area contributed by atoms with Gasteiger partial charge >= 0.3 is 0 Å². The standard InChI is InChI=1S/C24H23N3O4/c1-13-4-6-14(7-5-13)17(12-19(29)26-22-18(28)3-2-10-25-22)27-23(30)20-15-8-9-16(11-15)21(20)24(27)31/h2-10,15-17,20-21,28H,11-12H2,1H3,(H,25,26,29). The second-order valence-electron chi connectivity index (χ2n) is 8.60. The first-order valence-electron chi connectivity index (χ1n) is 10.5. The number of aromatic hydroxyl groups is 1. The Labute approximate surface area is 179 Å². The lowest BCUT2D eigenvalue weighted by Crippen LogP contribution is -2.38. The van der Waals surface area contributed by atoms with Gasteiger partial charge in [-0.15, -0.1) is 0 Å². The average molecular weight is 417 g/mol. The van der Waals surface area contributed by atoms with Crippen molar-refractivity contribution in [2.45, 2.75) is 25.8 Å². The highest BCUT2D eigenvalue weighted by Gasteiger charge is 2.60. The van der Waals surface area contributed by atoms with Crippen molar-refractivity contribution in [3.63, 3.8) is 0 Å². The van der Waals surface area contributed by atoms with E-state index in [1.807, 2.05) is 31.2 Å². The molecule has 158 valence electrons. The molecule has 2 aliphatic carbocycles. The van der Waals surface area contributed by atoms with Crippen LogP contribution in [0, 0.1) is 30.6 Å². The molecule has 7 heteroatoms. The maximum absolute atomic E-state index is 13.4. The number of aryl methyl sites for hydroxylation is 1. The Kier molecular flexibility index (Phi) is 4.61. The van der Waals surface area contributed by atoms with Gasteiger partial charge in [0.1, 0.15) is 0 Å². The van der Waals surface area contributed by atoms with Crippen LogP contribution in [0.1, 0.15) is 30.0 Å². The topological polar surface area (TPSA) is 99.6 Å². The largest absolute Gasteiger partial charge is 0.504 e. The van der Waals surface area contributed by atoms with E-state index in [1.165, 1.54) is 17.2 Å². The molecule has 2 heterocycles. The van der Waals surface area contributed by atoms with Gasteiger partial charge in [0.05, 0.1) is 24.3 Å². The lowest BCUT2D eigenvalue weighted by atomic mass is 9.85. The zero-order valence-corrected chi connectivity index (χ0v) is 17.1. The van der Waals surface area contributed by atoms with Crippen LogP contribution < -0.4 is 5.32 Å². The monoisotopic (exact) mass is 417 g/mol. The second kappa shape index (κ2) is 7.34. The quantitative estimate of drug-likeness (QED) is 0.576. The molecular formula is C24H23N3O4. The van der Waals surface area contributed by atoms with E-state index in [9.17, 15) is 19.5 Å². The van der Waals surface area contributed by atoms with Gasteiger partial charge in [0.25, 0.3) is 0 Å². The fourth-order valence-electron chi connectivity index (χ4n) is 5.23. The number of allylic oxidation sites excluding steroid dienone is 2. The highest BCUT2D eigenvalue weighted by molar-refractivity contribution is 6.07. The third-order valence-corrected chi connectivity index (χ3v) is 6.70. The molecule has 1 saturated carbocycles. The van der Waals surface area contributed by atoms with Gasteiger partial charge in [0.15, 0.2) is 11.6 Å². The Morgan fingerprint density at radius 3 is 2.39 bits per heavy atom. The van der Waals surface area contributed by atoms with Crippen molar-refractivity contribution < 1.29 is 19.5 Å². The van der Waals surface area contributed by atoms with Crippen LogP contribution in [-0.2, 0) is 14.4 Å². The van der Waals surface area contributed by atoms with E-state index < -0.39 is 11.9 Å². The number of fused-ring (bicyclic) bond motifs is 5. The molecule has 5 rings (SSSR count). The average Bonchev–Trinajstić information content (AvgIpc) is 3.43. The summed E-state index contributed by atoms with van der Waals surface area (Å²) < 4.78 is 0. The molecule has 1 aromatic carbocycles. The van der Waals surface area contributed by atoms with E-state index in [4.69, 9.17) is 0 Å². The number of benzene rings is 1. The van der Waals surface area contributed by atoms with Crippen LogP contribution >= 0.6 is 0 Å². The van der Waals surface area contributed by atoms with Gasteiger partial charge < -0.3 is 10.4 Å². The number of likely N-dealkylation sites (tertiary alicyclic amines) is 1. The molecule has 5 atom stereocenters. The summed E-state index contributed by atoms with van der Waals surface area (Å²) in [6.07, 6.45) is 6.31. The Bertz CT molecular complexity index is 1060. The predicted molar refractivity (Wildman–Crippen MR) is 113 cm³/mol. The number of hydrogen-bond donors (Lipinski definition) is 2. The first-order chi connectivity index (χ1) is 14.9. The number of carbonyl (C=O) groups excluding carboxylic acids is 3. The Balaban J connectivity index is 1.45. The maximum atomic E-state index is 13.4. The Morgan fingerprint density at radius 2 is 1.77 bits per heavy atom. The normalized spacial score (nSPS) is 26.9. The highest BCUT2D eigenvalue weighted by atomic mass is 16.3. The van der Waals surface area contributed by atoms with Crippen molar-refractivity contribution in [2.75, 3.05) is 5.32 Å². The van der Waals surface area contributed by atoms with Gasteiger partial charge in [-0.1, -0.05) is 42.0 Å². The molecule has 0 spiro atoms. The van der Waals surface area contributed by atoms with Crippen molar-refractivity contribution >= 4 is 23.5 Å². The number of hydrogen-bond acceptors (Lipinski definition) is 5. The van der Waals surface area contributed by atoms with E-state index in [1.54, 1.807) is 6.07 Å². The zero-order valence-electron chi connectivity index (χ0n) is 17.1. The fraction of sp³-hybridized carbons (Fsp3) is 0.333. The van der Waals surface area contributed by atoms with Crippen LogP contribution in [0.2, 0.25) is 0 Å². The summed E-state index contributed by atoms with van der Waals surface area (Å²) in [5.74, 6) is -1.34. The number of nitrogens with one attached hydrogen (secondary N) is 1. The van der Waals surface area contributed by atoms with Gasteiger partial charge in [-0.05, 0) is 42.9 Å². The SMILES string of the molecule is Cc1ccc(C(CC(=O)Nc2ncccc2O)N2C(=O)C3C4C=CC(C4)C3C2=O)cc1. The first kappa shape index (κ1) is 19.5. The maximum Gasteiger partial charge on any atom is 0.234 e. The predicted octanol–water partition coefficient (Wildman–Crippen LogP) is 2.97. The molecule has 1 aliphatic heterocycles. The van der Waals surface area contributed by atoms with E-state index in [0.717, 1.165) is 17.5 Å². The van der Waals surface area contributed by atoms with Crippen molar-refractivity contribution in [1.82, 2.24) is 9.88 Å². The lowest BCUT2D eigenvalue weighted by molar-refractivity contribution is -0.144. The molecule has 2 fully saturated rings. The molecule has 1 saturated heterocycles. The molecule has 1 aromatic heterocycles. The molecule has 5 unspecified atom stereocenters.